The maximum atomic E-state index is 14.6. The van der Waals surface area contributed by atoms with Crippen LogP contribution >= 0.6 is 0 Å². The van der Waals surface area contributed by atoms with Crippen molar-refractivity contribution in [1.29, 1.82) is 0 Å². The molecule has 0 bridgehead atoms. The van der Waals surface area contributed by atoms with Crippen molar-refractivity contribution >= 4 is 10.8 Å². The lowest BCUT2D eigenvalue weighted by Gasteiger charge is -2.05. The van der Waals surface area contributed by atoms with Gasteiger partial charge in [-0.05, 0) is 83.9 Å². The van der Waals surface area contributed by atoms with Gasteiger partial charge < -0.3 is 4.74 Å². The van der Waals surface area contributed by atoms with Gasteiger partial charge in [-0.2, -0.15) is 0 Å². The van der Waals surface area contributed by atoms with Crippen LogP contribution in [0.25, 0.3) is 10.8 Å². The molecule has 0 aliphatic heterocycles. The number of ether oxygens (including phenoxy) is 1. The third-order valence-electron chi connectivity index (χ3n) is 5.33. The first kappa shape index (κ1) is 23.1. The van der Waals surface area contributed by atoms with Gasteiger partial charge in [-0.1, -0.05) is 55.6 Å². The molecule has 3 heteroatoms. The second kappa shape index (κ2) is 11.2. The summed E-state index contributed by atoms with van der Waals surface area (Å²) in [5.74, 6) is 12.0. The molecule has 0 spiro atoms. The van der Waals surface area contributed by atoms with Gasteiger partial charge in [0, 0.05) is 16.7 Å². The van der Waals surface area contributed by atoms with E-state index in [1.54, 1.807) is 24.3 Å². The smallest absolute Gasteiger partial charge is 0.140 e. The van der Waals surface area contributed by atoms with Gasteiger partial charge in [0.1, 0.15) is 17.4 Å². The Kier molecular flexibility index (Phi) is 7.59. The van der Waals surface area contributed by atoms with Gasteiger partial charge in [0.05, 0.1) is 12.2 Å². The van der Waals surface area contributed by atoms with E-state index in [0.29, 0.717) is 17.7 Å². The number of rotatable bonds is 5. The Morgan fingerprint density at radius 3 is 2.09 bits per heavy atom. The average molecular weight is 451 g/mol. The topological polar surface area (TPSA) is 9.23 Å². The van der Waals surface area contributed by atoms with Crippen molar-refractivity contribution in [3.05, 3.63) is 113 Å². The van der Waals surface area contributed by atoms with Gasteiger partial charge in [0.25, 0.3) is 0 Å². The zero-order valence-corrected chi connectivity index (χ0v) is 19.0. The first-order valence-electron chi connectivity index (χ1n) is 11.4. The SMILES string of the molecule is CCCCCOc1ccc(C#Cc2ccc(C#Cc3ccc4cc(F)ccc4c3)c(F)c2)cc1. The van der Waals surface area contributed by atoms with Crippen LogP contribution in [-0.2, 0) is 0 Å². The average Bonchev–Trinajstić information content (AvgIpc) is 2.85. The second-order valence-electron chi connectivity index (χ2n) is 7.98. The van der Waals surface area contributed by atoms with Crippen LogP contribution in [0.15, 0.2) is 78.9 Å². The van der Waals surface area contributed by atoms with E-state index in [4.69, 9.17) is 4.74 Å². The normalized spacial score (nSPS) is 10.2. The lowest BCUT2D eigenvalue weighted by Crippen LogP contribution is -1.96. The van der Waals surface area contributed by atoms with Crippen LogP contribution in [0.3, 0.4) is 0 Å². The molecule has 0 heterocycles. The maximum Gasteiger partial charge on any atom is 0.140 e. The minimum Gasteiger partial charge on any atom is -0.494 e. The van der Waals surface area contributed by atoms with E-state index >= 15 is 0 Å². The fourth-order valence-corrected chi connectivity index (χ4v) is 3.45. The van der Waals surface area contributed by atoms with Gasteiger partial charge >= 0.3 is 0 Å². The van der Waals surface area contributed by atoms with Crippen molar-refractivity contribution in [2.45, 2.75) is 26.2 Å². The minimum absolute atomic E-state index is 0.277. The molecule has 0 saturated carbocycles. The van der Waals surface area contributed by atoms with E-state index in [0.717, 1.165) is 40.5 Å². The van der Waals surface area contributed by atoms with E-state index in [-0.39, 0.29) is 5.82 Å². The molecule has 4 rings (SSSR count). The Balaban J connectivity index is 1.43. The zero-order valence-electron chi connectivity index (χ0n) is 19.0. The molecule has 0 unspecified atom stereocenters. The van der Waals surface area contributed by atoms with Gasteiger partial charge in [-0.15, -0.1) is 0 Å². The standard InChI is InChI=1S/C31H24F2O/c1-2-3-4-19-34-30-17-10-23(11-18-30)5-6-25-8-13-26(31(33)21-25)12-7-24-9-14-28-22-29(32)16-15-27(28)20-24/h8-11,13-18,20-22H,2-4,19H2,1H3. The molecule has 0 saturated heterocycles. The third-order valence-corrected chi connectivity index (χ3v) is 5.33. The molecular formula is C31H24F2O. The van der Waals surface area contributed by atoms with Crippen LogP contribution in [0.2, 0.25) is 0 Å². The summed E-state index contributed by atoms with van der Waals surface area (Å²) >= 11 is 0. The van der Waals surface area contributed by atoms with Crippen molar-refractivity contribution in [2.75, 3.05) is 6.61 Å². The monoisotopic (exact) mass is 450 g/mol. The lowest BCUT2D eigenvalue weighted by atomic mass is 10.1. The summed E-state index contributed by atoms with van der Waals surface area (Å²) < 4.78 is 33.6. The molecule has 168 valence electrons. The van der Waals surface area contributed by atoms with Crippen LogP contribution in [0, 0.1) is 35.3 Å². The first-order valence-corrected chi connectivity index (χ1v) is 11.4. The highest BCUT2D eigenvalue weighted by atomic mass is 19.1. The van der Waals surface area contributed by atoms with Crippen LogP contribution in [-0.4, -0.2) is 6.61 Å². The number of benzene rings is 4. The minimum atomic E-state index is -0.419. The van der Waals surface area contributed by atoms with Gasteiger partial charge in [-0.3, -0.25) is 0 Å². The molecule has 0 N–H and O–H groups in total. The van der Waals surface area contributed by atoms with E-state index in [9.17, 15) is 8.78 Å². The number of hydrogen-bond donors (Lipinski definition) is 0. The molecule has 1 nitrogen and oxygen atoms in total. The summed E-state index contributed by atoms with van der Waals surface area (Å²) in [4.78, 5) is 0. The van der Waals surface area contributed by atoms with Crippen molar-refractivity contribution in [2.24, 2.45) is 0 Å². The molecule has 0 amide bonds. The maximum absolute atomic E-state index is 14.6. The predicted molar refractivity (Wildman–Crippen MR) is 134 cm³/mol. The molecule has 0 aliphatic carbocycles. The molecule has 4 aromatic rings. The molecule has 0 aromatic heterocycles. The van der Waals surface area contributed by atoms with Crippen LogP contribution < -0.4 is 4.74 Å². The predicted octanol–water partition coefficient (Wildman–Crippen LogP) is 7.49. The Bertz CT molecular complexity index is 1410. The largest absolute Gasteiger partial charge is 0.494 e. The molecule has 0 fully saturated rings. The molecule has 4 aromatic carbocycles. The fourth-order valence-electron chi connectivity index (χ4n) is 3.45. The molecule has 34 heavy (non-hydrogen) atoms. The van der Waals surface area contributed by atoms with Gasteiger partial charge in [0.2, 0.25) is 0 Å². The highest BCUT2D eigenvalue weighted by Gasteiger charge is 2.01. The van der Waals surface area contributed by atoms with Crippen molar-refractivity contribution in [1.82, 2.24) is 0 Å². The molecule has 0 radical (unpaired) electrons. The van der Waals surface area contributed by atoms with Gasteiger partial charge in [-0.25, -0.2) is 8.78 Å². The zero-order chi connectivity index (χ0) is 23.8. The van der Waals surface area contributed by atoms with Crippen LogP contribution in [0.1, 0.15) is 48.4 Å². The summed E-state index contributed by atoms with van der Waals surface area (Å²) in [6, 6.07) is 22.5. The van der Waals surface area contributed by atoms with E-state index in [1.807, 2.05) is 36.4 Å². The highest BCUT2D eigenvalue weighted by molar-refractivity contribution is 5.84. The Labute approximate surface area is 199 Å². The summed E-state index contributed by atoms with van der Waals surface area (Å²) in [6.45, 7) is 2.88. The van der Waals surface area contributed by atoms with E-state index in [1.165, 1.54) is 24.6 Å². The second-order valence-corrected chi connectivity index (χ2v) is 7.98. The summed E-state index contributed by atoms with van der Waals surface area (Å²) in [6.07, 6.45) is 3.38. The molecular weight excluding hydrogens is 426 g/mol. The van der Waals surface area contributed by atoms with Crippen LogP contribution in [0.5, 0.6) is 5.75 Å². The fraction of sp³-hybridized carbons (Fsp3) is 0.161. The number of unbranched alkanes of at least 4 members (excludes halogenated alkanes) is 2. The highest BCUT2D eigenvalue weighted by Crippen LogP contribution is 2.17. The Morgan fingerprint density at radius 2 is 1.29 bits per heavy atom. The van der Waals surface area contributed by atoms with E-state index < -0.39 is 5.82 Å². The third kappa shape index (κ3) is 6.25. The van der Waals surface area contributed by atoms with Crippen molar-refractivity contribution in [3.63, 3.8) is 0 Å². The Hall–Kier alpha value is -4.08. The van der Waals surface area contributed by atoms with E-state index in [2.05, 4.69) is 30.6 Å². The number of fused-ring (bicyclic) bond motifs is 1. The molecule has 0 atom stereocenters. The summed E-state index contributed by atoms with van der Waals surface area (Å²) in [7, 11) is 0. The summed E-state index contributed by atoms with van der Waals surface area (Å²) in [5, 5.41) is 1.68. The molecule has 0 aliphatic rings. The van der Waals surface area contributed by atoms with Crippen molar-refractivity contribution < 1.29 is 13.5 Å². The summed E-state index contributed by atoms with van der Waals surface area (Å²) in [5.41, 5.74) is 2.45. The lowest BCUT2D eigenvalue weighted by molar-refractivity contribution is 0.306. The number of halogens is 2. The van der Waals surface area contributed by atoms with Crippen molar-refractivity contribution in [3.8, 4) is 29.4 Å². The van der Waals surface area contributed by atoms with Gasteiger partial charge in [0.15, 0.2) is 0 Å². The quantitative estimate of drug-likeness (QED) is 0.226. The number of hydrogen-bond acceptors (Lipinski definition) is 1. The van der Waals surface area contributed by atoms with Crippen LogP contribution in [0.4, 0.5) is 8.78 Å². The first-order chi connectivity index (χ1) is 16.6. The Morgan fingerprint density at radius 1 is 0.647 bits per heavy atom.